The van der Waals surface area contributed by atoms with Gasteiger partial charge in [-0.1, -0.05) is 0 Å². The van der Waals surface area contributed by atoms with Crippen LogP contribution >= 0.6 is 0 Å². The van der Waals surface area contributed by atoms with Gasteiger partial charge in [-0.15, -0.1) is 0 Å². The molecular formula is C8H10N4O3S. The van der Waals surface area contributed by atoms with Gasteiger partial charge >= 0.3 is 0 Å². The van der Waals surface area contributed by atoms with Crippen LogP contribution in [0.1, 0.15) is 6.42 Å². The average Bonchev–Trinajstić information content (AvgIpc) is 2.61. The van der Waals surface area contributed by atoms with Crippen molar-refractivity contribution in [2.24, 2.45) is 5.14 Å². The summed E-state index contributed by atoms with van der Waals surface area (Å²) >= 11 is 0. The smallest absolute Gasteiger partial charge is 0.229 e. The van der Waals surface area contributed by atoms with Crippen molar-refractivity contribution in [2.45, 2.75) is 11.7 Å². The molecule has 2 N–H and O–H groups in total. The first-order chi connectivity index (χ1) is 7.48. The normalized spacial score (nSPS) is 21.4. The largest absolute Gasteiger partial charge is 0.294 e. The van der Waals surface area contributed by atoms with Crippen LogP contribution in [0, 0.1) is 0 Å². The molecule has 1 aromatic rings. The van der Waals surface area contributed by atoms with Crippen LogP contribution < -0.4 is 10.0 Å². The number of hydrogen-bond donors (Lipinski definition) is 1. The van der Waals surface area contributed by atoms with E-state index in [2.05, 4.69) is 9.97 Å². The van der Waals surface area contributed by atoms with E-state index in [-0.39, 0.29) is 18.9 Å². The number of nitrogens with zero attached hydrogens (tertiary/aromatic N) is 3. The number of hydrogen-bond acceptors (Lipinski definition) is 5. The quantitative estimate of drug-likeness (QED) is 0.706. The van der Waals surface area contributed by atoms with Gasteiger partial charge in [-0.05, 0) is 0 Å². The van der Waals surface area contributed by atoms with E-state index in [0.29, 0.717) is 5.82 Å². The zero-order valence-electron chi connectivity index (χ0n) is 8.28. The Morgan fingerprint density at radius 3 is 2.69 bits per heavy atom. The highest BCUT2D eigenvalue weighted by atomic mass is 32.2. The standard InChI is InChI=1S/C8H10N4O3S/c9-16(14,15)6-3-8(13)12(5-6)7-4-10-1-2-11-7/h1-2,4,6H,3,5H2,(H2,9,14,15). The van der Waals surface area contributed by atoms with E-state index in [1.165, 1.54) is 23.5 Å². The SMILES string of the molecule is NS(=O)(=O)C1CC(=O)N(c2cnccn2)C1. The van der Waals surface area contributed by atoms with Gasteiger partial charge in [0.2, 0.25) is 15.9 Å². The Bertz CT molecular complexity index is 501. The third kappa shape index (κ3) is 2.02. The maximum atomic E-state index is 11.6. The van der Waals surface area contributed by atoms with Gasteiger partial charge in [-0.25, -0.2) is 18.5 Å². The third-order valence-electron chi connectivity index (χ3n) is 2.38. The van der Waals surface area contributed by atoms with Gasteiger partial charge in [0.15, 0.2) is 5.82 Å². The fourth-order valence-electron chi connectivity index (χ4n) is 1.55. The number of rotatable bonds is 2. The molecule has 2 heterocycles. The van der Waals surface area contributed by atoms with Crippen LogP contribution in [-0.4, -0.2) is 36.1 Å². The molecule has 0 radical (unpaired) electrons. The highest BCUT2D eigenvalue weighted by molar-refractivity contribution is 7.89. The minimum Gasteiger partial charge on any atom is -0.294 e. The molecule has 86 valence electrons. The van der Waals surface area contributed by atoms with E-state index >= 15 is 0 Å². The molecule has 1 atom stereocenters. The molecule has 1 fully saturated rings. The number of amides is 1. The Hall–Kier alpha value is -1.54. The summed E-state index contributed by atoms with van der Waals surface area (Å²) < 4.78 is 22.2. The summed E-state index contributed by atoms with van der Waals surface area (Å²) in [5, 5.41) is 4.14. The van der Waals surface area contributed by atoms with Crippen LogP contribution in [0.25, 0.3) is 0 Å². The fraction of sp³-hybridized carbons (Fsp3) is 0.375. The maximum absolute atomic E-state index is 11.6. The molecule has 1 aromatic heterocycles. The summed E-state index contributed by atoms with van der Waals surface area (Å²) in [4.78, 5) is 20.6. The molecule has 1 unspecified atom stereocenters. The number of anilines is 1. The molecule has 0 aliphatic carbocycles. The van der Waals surface area contributed by atoms with Gasteiger partial charge in [-0.2, -0.15) is 0 Å². The number of aromatic nitrogens is 2. The van der Waals surface area contributed by atoms with Crippen LogP contribution in [0.5, 0.6) is 0 Å². The topological polar surface area (TPSA) is 106 Å². The van der Waals surface area contributed by atoms with E-state index in [1.54, 1.807) is 0 Å². The second-order valence-corrected chi connectivity index (χ2v) is 5.33. The lowest BCUT2D eigenvalue weighted by molar-refractivity contribution is -0.117. The number of carbonyl (C=O) groups excluding carboxylic acids is 1. The van der Waals surface area contributed by atoms with E-state index in [1.807, 2.05) is 0 Å². The van der Waals surface area contributed by atoms with Crippen molar-refractivity contribution in [3.63, 3.8) is 0 Å². The number of primary sulfonamides is 1. The summed E-state index contributed by atoms with van der Waals surface area (Å²) in [5.74, 6) is 0.0400. The summed E-state index contributed by atoms with van der Waals surface area (Å²) in [6.45, 7) is 0.0381. The molecule has 1 saturated heterocycles. The molecule has 0 bridgehead atoms. The lowest BCUT2D eigenvalue weighted by Gasteiger charge is -2.13. The molecule has 2 rings (SSSR count). The Morgan fingerprint density at radius 1 is 1.44 bits per heavy atom. The van der Waals surface area contributed by atoms with Crippen molar-refractivity contribution in [1.29, 1.82) is 0 Å². The Morgan fingerprint density at radius 2 is 2.19 bits per heavy atom. The summed E-state index contributed by atoms with van der Waals surface area (Å²) in [6, 6.07) is 0. The van der Waals surface area contributed by atoms with Crippen LogP contribution in [0.15, 0.2) is 18.6 Å². The number of carbonyl (C=O) groups is 1. The van der Waals surface area contributed by atoms with Gasteiger partial charge in [0.05, 0.1) is 6.20 Å². The first kappa shape index (κ1) is 11.0. The summed E-state index contributed by atoms with van der Waals surface area (Å²) in [7, 11) is -3.69. The number of sulfonamides is 1. The molecule has 1 amide bonds. The molecule has 8 heteroatoms. The van der Waals surface area contributed by atoms with Gasteiger partial charge in [0.1, 0.15) is 5.25 Å². The van der Waals surface area contributed by atoms with E-state index in [4.69, 9.17) is 5.14 Å². The number of nitrogens with two attached hydrogens (primary N) is 1. The van der Waals surface area contributed by atoms with Crippen LogP contribution in [-0.2, 0) is 14.8 Å². The minimum absolute atomic E-state index is 0.0381. The average molecular weight is 242 g/mol. The molecule has 16 heavy (non-hydrogen) atoms. The Labute approximate surface area is 92.3 Å². The van der Waals surface area contributed by atoms with Crippen LogP contribution in [0.2, 0.25) is 0 Å². The predicted octanol–water partition coefficient (Wildman–Crippen LogP) is -1.13. The van der Waals surface area contributed by atoms with E-state index in [0.717, 1.165) is 0 Å². The predicted molar refractivity (Wildman–Crippen MR) is 55.9 cm³/mol. The van der Waals surface area contributed by atoms with Crippen LogP contribution in [0.3, 0.4) is 0 Å². The lowest BCUT2D eigenvalue weighted by atomic mass is 10.4. The third-order valence-corrected chi connectivity index (χ3v) is 3.63. The molecule has 1 aliphatic heterocycles. The minimum atomic E-state index is -3.69. The second-order valence-electron chi connectivity index (χ2n) is 3.48. The maximum Gasteiger partial charge on any atom is 0.229 e. The van der Waals surface area contributed by atoms with Crippen molar-refractivity contribution in [1.82, 2.24) is 9.97 Å². The molecular weight excluding hydrogens is 232 g/mol. The molecule has 0 aromatic carbocycles. The Kier molecular flexibility index (Phi) is 2.60. The summed E-state index contributed by atoms with van der Waals surface area (Å²) in [6.07, 6.45) is 4.22. The van der Waals surface area contributed by atoms with Gasteiger partial charge < -0.3 is 0 Å². The van der Waals surface area contributed by atoms with Crippen LogP contribution in [0.4, 0.5) is 5.82 Å². The molecule has 0 saturated carbocycles. The van der Waals surface area contributed by atoms with Gasteiger partial charge in [0, 0.05) is 25.4 Å². The first-order valence-electron chi connectivity index (χ1n) is 4.56. The highest BCUT2D eigenvalue weighted by Gasteiger charge is 2.37. The lowest BCUT2D eigenvalue weighted by Crippen LogP contribution is -2.32. The van der Waals surface area contributed by atoms with Crippen molar-refractivity contribution in [3.05, 3.63) is 18.6 Å². The molecule has 7 nitrogen and oxygen atoms in total. The first-order valence-corrected chi connectivity index (χ1v) is 6.17. The van der Waals surface area contributed by atoms with E-state index in [9.17, 15) is 13.2 Å². The zero-order valence-corrected chi connectivity index (χ0v) is 9.09. The Balaban J connectivity index is 2.25. The summed E-state index contributed by atoms with van der Waals surface area (Å²) in [5.41, 5.74) is 0. The van der Waals surface area contributed by atoms with Crippen molar-refractivity contribution in [2.75, 3.05) is 11.4 Å². The fourth-order valence-corrected chi connectivity index (χ4v) is 2.28. The molecule has 1 aliphatic rings. The van der Waals surface area contributed by atoms with Gasteiger partial charge in [-0.3, -0.25) is 14.7 Å². The zero-order chi connectivity index (χ0) is 11.8. The van der Waals surface area contributed by atoms with Crippen molar-refractivity contribution < 1.29 is 13.2 Å². The van der Waals surface area contributed by atoms with Crippen molar-refractivity contribution in [3.8, 4) is 0 Å². The monoisotopic (exact) mass is 242 g/mol. The molecule has 0 spiro atoms. The van der Waals surface area contributed by atoms with Crippen molar-refractivity contribution >= 4 is 21.7 Å². The highest BCUT2D eigenvalue weighted by Crippen LogP contribution is 2.21. The second kappa shape index (κ2) is 3.80. The van der Waals surface area contributed by atoms with E-state index < -0.39 is 15.3 Å². The van der Waals surface area contributed by atoms with Gasteiger partial charge in [0.25, 0.3) is 0 Å².